The van der Waals surface area contributed by atoms with Gasteiger partial charge in [-0.1, -0.05) is 23.2 Å². The molecular formula is C13H8Cl2O4. The Labute approximate surface area is 118 Å². The molecule has 1 heterocycles. The minimum absolute atomic E-state index is 0.00966. The molecule has 0 aliphatic heterocycles. The maximum atomic E-state index is 12.2. The molecule has 0 amide bonds. The maximum Gasteiger partial charge on any atom is 0.373 e. The molecular weight excluding hydrogens is 291 g/mol. The Morgan fingerprint density at radius 1 is 1.11 bits per heavy atom. The van der Waals surface area contributed by atoms with E-state index in [1.54, 1.807) is 6.07 Å². The van der Waals surface area contributed by atoms with Crippen molar-refractivity contribution >= 4 is 35.0 Å². The third-order valence-corrected chi connectivity index (χ3v) is 2.95. The standard InChI is InChI=1S/C13H8Cl2O4/c1-18-13(17)11-5-4-10(19-11)12(16)8-6-7(14)2-3-9(8)15/h2-6H,1H3. The van der Waals surface area contributed by atoms with Crippen molar-refractivity contribution in [1.82, 2.24) is 0 Å². The molecule has 98 valence electrons. The highest BCUT2D eigenvalue weighted by atomic mass is 35.5. The van der Waals surface area contributed by atoms with Crippen LogP contribution < -0.4 is 0 Å². The summed E-state index contributed by atoms with van der Waals surface area (Å²) in [5, 5.41) is 0.637. The zero-order chi connectivity index (χ0) is 14.0. The number of furan rings is 1. The van der Waals surface area contributed by atoms with Gasteiger partial charge in [-0.05, 0) is 30.3 Å². The molecule has 1 aromatic heterocycles. The lowest BCUT2D eigenvalue weighted by atomic mass is 10.1. The molecule has 2 rings (SSSR count). The quantitative estimate of drug-likeness (QED) is 0.642. The fraction of sp³-hybridized carbons (Fsp3) is 0.0769. The number of ether oxygens (including phenoxy) is 1. The van der Waals surface area contributed by atoms with E-state index in [1.165, 1.54) is 31.4 Å². The summed E-state index contributed by atoms with van der Waals surface area (Å²) in [5.74, 6) is -1.17. The van der Waals surface area contributed by atoms with Crippen LogP contribution in [0.3, 0.4) is 0 Å². The lowest BCUT2D eigenvalue weighted by Gasteiger charge is -2.01. The normalized spacial score (nSPS) is 10.3. The van der Waals surface area contributed by atoms with Crippen LogP contribution >= 0.6 is 23.2 Å². The molecule has 0 radical (unpaired) electrons. The van der Waals surface area contributed by atoms with E-state index in [2.05, 4.69) is 4.74 Å². The first-order chi connectivity index (χ1) is 9.02. The zero-order valence-electron chi connectivity index (χ0n) is 9.78. The molecule has 0 N–H and O–H groups in total. The third kappa shape index (κ3) is 2.80. The van der Waals surface area contributed by atoms with E-state index in [4.69, 9.17) is 27.6 Å². The van der Waals surface area contributed by atoms with Gasteiger partial charge in [0.25, 0.3) is 0 Å². The lowest BCUT2D eigenvalue weighted by molar-refractivity contribution is 0.0563. The molecule has 4 nitrogen and oxygen atoms in total. The fourth-order valence-electron chi connectivity index (χ4n) is 1.47. The van der Waals surface area contributed by atoms with Crippen LogP contribution in [-0.4, -0.2) is 18.9 Å². The van der Waals surface area contributed by atoms with Crippen LogP contribution in [0, 0.1) is 0 Å². The number of rotatable bonds is 3. The molecule has 0 fully saturated rings. The average molecular weight is 299 g/mol. The molecule has 0 aliphatic carbocycles. The minimum atomic E-state index is -0.656. The van der Waals surface area contributed by atoms with Crippen LogP contribution in [0.2, 0.25) is 10.0 Å². The van der Waals surface area contributed by atoms with Crippen LogP contribution in [-0.2, 0) is 4.74 Å². The van der Waals surface area contributed by atoms with E-state index in [0.717, 1.165) is 0 Å². The molecule has 0 saturated carbocycles. The first-order valence-electron chi connectivity index (χ1n) is 5.21. The van der Waals surface area contributed by atoms with Crippen molar-refractivity contribution in [2.24, 2.45) is 0 Å². The predicted molar refractivity (Wildman–Crippen MR) is 69.9 cm³/mol. The van der Waals surface area contributed by atoms with Gasteiger partial charge in [-0.3, -0.25) is 4.79 Å². The van der Waals surface area contributed by atoms with Crippen molar-refractivity contribution < 1.29 is 18.7 Å². The van der Waals surface area contributed by atoms with Crippen molar-refractivity contribution in [1.29, 1.82) is 0 Å². The van der Waals surface area contributed by atoms with Gasteiger partial charge in [-0.15, -0.1) is 0 Å². The summed E-state index contributed by atoms with van der Waals surface area (Å²) in [6.45, 7) is 0. The summed E-state index contributed by atoms with van der Waals surface area (Å²) in [5.41, 5.74) is 0.208. The molecule has 2 aromatic rings. The van der Waals surface area contributed by atoms with E-state index in [-0.39, 0.29) is 22.1 Å². The van der Waals surface area contributed by atoms with E-state index in [9.17, 15) is 9.59 Å². The van der Waals surface area contributed by atoms with Crippen LogP contribution in [0.5, 0.6) is 0 Å². The summed E-state index contributed by atoms with van der Waals surface area (Å²) in [4.78, 5) is 23.4. The second-order valence-corrected chi connectivity index (χ2v) is 4.45. The van der Waals surface area contributed by atoms with Gasteiger partial charge in [0.05, 0.1) is 12.1 Å². The van der Waals surface area contributed by atoms with Crippen molar-refractivity contribution in [3.8, 4) is 0 Å². The number of carbonyl (C=O) groups excluding carboxylic acids is 2. The first kappa shape index (κ1) is 13.6. The van der Waals surface area contributed by atoms with Crippen LogP contribution in [0.4, 0.5) is 0 Å². The fourth-order valence-corrected chi connectivity index (χ4v) is 1.85. The van der Waals surface area contributed by atoms with Crippen LogP contribution in [0.1, 0.15) is 26.7 Å². The zero-order valence-corrected chi connectivity index (χ0v) is 11.3. The molecule has 19 heavy (non-hydrogen) atoms. The Bertz CT molecular complexity index is 646. The topological polar surface area (TPSA) is 56.5 Å². The van der Waals surface area contributed by atoms with Crippen molar-refractivity contribution in [2.45, 2.75) is 0 Å². The van der Waals surface area contributed by atoms with Crippen LogP contribution in [0.25, 0.3) is 0 Å². The van der Waals surface area contributed by atoms with Crippen molar-refractivity contribution in [3.63, 3.8) is 0 Å². The first-order valence-corrected chi connectivity index (χ1v) is 5.96. The average Bonchev–Trinajstić information content (AvgIpc) is 2.89. The summed E-state index contributed by atoms with van der Waals surface area (Å²) in [6.07, 6.45) is 0. The lowest BCUT2D eigenvalue weighted by Crippen LogP contribution is -2.02. The van der Waals surface area contributed by atoms with E-state index >= 15 is 0 Å². The number of esters is 1. The van der Waals surface area contributed by atoms with Gasteiger partial charge >= 0.3 is 5.97 Å². The Balaban J connectivity index is 2.36. The van der Waals surface area contributed by atoms with Crippen LogP contribution in [0.15, 0.2) is 34.7 Å². The summed E-state index contributed by atoms with van der Waals surface area (Å²) < 4.78 is 9.61. The second kappa shape index (κ2) is 5.47. The Morgan fingerprint density at radius 2 is 1.79 bits per heavy atom. The molecule has 0 unspecified atom stereocenters. The smallest absolute Gasteiger partial charge is 0.373 e. The summed E-state index contributed by atoms with van der Waals surface area (Å²) in [6, 6.07) is 7.26. The molecule has 0 bridgehead atoms. The Hall–Kier alpha value is -1.78. The molecule has 0 spiro atoms. The molecule has 0 atom stereocenters. The molecule has 0 saturated heterocycles. The van der Waals surface area contributed by atoms with Crippen molar-refractivity contribution in [3.05, 3.63) is 57.5 Å². The third-order valence-electron chi connectivity index (χ3n) is 2.39. The monoisotopic (exact) mass is 298 g/mol. The number of hydrogen-bond acceptors (Lipinski definition) is 4. The highest BCUT2D eigenvalue weighted by molar-refractivity contribution is 6.36. The number of carbonyl (C=O) groups is 2. The SMILES string of the molecule is COC(=O)c1ccc(C(=O)c2cc(Cl)ccc2Cl)o1. The second-order valence-electron chi connectivity index (χ2n) is 3.61. The van der Waals surface area contributed by atoms with Gasteiger partial charge in [-0.25, -0.2) is 4.79 Å². The van der Waals surface area contributed by atoms with Gasteiger partial charge in [0.2, 0.25) is 11.5 Å². The maximum absolute atomic E-state index is 12.2. The van der Waals surface area contributed by atoms with Crippen molar-refractivity contribution in [2.75, 3.05) is 7.11 Å². The summed E-state index contributed by atoms with van der Waals surface area (Å²) >= 11 is 11.7. The van der Waals surface area contributed by atoms with Gasteiger partial charge in [0, 0.05) is 10.6 Å². The Morgan fingerprint density at radius 3 is 2.47 bits per heavy atom. The van der Waals surface area contributed by atoms with E-state index in [0.29, 0.717) is 5.02 Å². The van der Waals surface area contributed by atoms with Gasteiger partial charge in [0.1, 0.15) is 0 Å². The van der Waals surface area contributed by atoms with Gasteiger partial charge in [-0.2, -0.15) is 0 Å². The minimum Gasteiger partial charge on any atom is -0.463 e. The summed E-state index contributed by atoms with van der Waals surface area (Å²) in [7, 11) is 1.22. The predicted octanol–water partition coefficient (Wildman–Crippen LogP) is 3.60. The Kier molecular flexibility index (Phi) is 3.93. The number of benzene rings is 1. The molecule has 6 heteroatoms. The van der Waals surface area contributed by atoms with E-state index < -0.39 is 11.8 Å². The highest BCUT2D eigenvalue weighted by Gasteiger charge is 2.19. The number of halogens is 2. The van der Waals surface area contributed by atoms with Gasteiger partial charge < -0.3 is 9.15 Å². The molecule has 0 aliphatic rings. The van der Waals surface area contributed by atoms with Gasteiger partial charge in [0.15, 0.2) is 5.76 Å². The van der Waals surface area contributed by atoms with E-state index in [1.807, 2.05) is 0 Å². The molecule has 1 aromatic carbocycles. The highest BCUT2D eigenvalue weighted by Crippen LogP contribution is 2.24. The largest absolute Gasteiger partial charge is 0.463 e. The number of hydrogen-bond donors (Lipinski definition) is 0. The number of ketones is 1. The number of methoxy groups -OCH3 is 1.